The second-order valence-electron chi connectivity index (χ2n) is 3.53. The highest BCUT2D eigenvalue weighted by molar-refractivity contribution is 7.96. The van der Waals surface area contributed by atoms with Gasteiger partial charge in [-0.15, -0.1) is 0 Å². The minimum absolute atomic E-state index is 0.198. The first-order valence-electron chi connectivity index (χ1n) is 4.66. The molecule has 0 saturated heterocycles. The van der Waals surface area contributed by atoms with Crippen LogP contribution in [0.3, 0.4) is 0 Å². The van der Waals surface area contributed by atoms with Crippen molar-refractivity contribution in [3.05, 3.63) is 0 Å². The fraction of sp³-hybridized carbons (Fsp3) is 0.778. The molecule has 0 N–H and O–H groups in total. The van der Waals surface area contributed by atoms with Gasteiger partial charge < -0.3 is 0 Å². The average molecular weight is 240 g/mol. The predicted molar refractivity (Wildman–Crippen MR) is 49.3 cm³/mol. The molecule has 1 rings (SSSR count). The largest absolute Gasteiger partial charge is 0.509 e. The van der Waals surface area contributed by atoms with Crippen molar-refractivity contribution in [2.24, 2.45) is 5.92 Å². The van der Waals surface area contributed by atoms with Crippen LogP contribution < -0.4 is 0 Å². The van der Waals surface area contributed by atoms with Gasteiger partial charge in [-0.1, -0.05) is 25.2 Å². The second-order valence-corrected chi connectivity index (χ2v) is 5.20. The van der Waals surface area contributed by atoms with Crippen molar-refractivity contribution in [3.63, 3.8) is 0 Å². The first-order valence-corrected chi connectivity index (χ1v) is 6.15. The van der Waals surface area contributed by atoms with Gasteiger partial charge in [0.25, 0.3) is 0 Å². The van der Waals surface area contributed by atoms with Gasteiger partial charge in [-0.25, -0.2) is 8.42 Å². The van der Waals surface area contributed by atoms with E-state index < -0.39 is 15.3 Å². The number of alkyl halides is 3. The molecule has 0 heterocycles. The molecule has 0 aliphatic heterocycles. The molecule has 1 saturated carbocycles. The monoisotopic (exact) mass is 240 g/mol. The van der Waals surface area contributed by atoms with Gasteiger partial charge in [-0.3, -0.25) is 0 Å². The normalized spacial score (nSPS) is 19.4. The summed E-state index contributed by atoms with van der Waals surface area (Å²) in [5.74, 6) is 2.01. The van der Waals surface area contributed by atoms with Gasteiger partial charge in [0.15, 0.2) is 0 Å². The average Bonchev–Trinajstić information content (AvgIpc) is 2.15. The molecule has 2 nitrogen and oxygen atoms in total. The zero-order valence-electron chi connectivity index (χ0n) is 7.97. The highest BCUT2D eigenvalue weighted by Crippen LogP contribution is 2.25. The first-order chi connectivity index (χ1) is 6.83. The molecule has 1 aliphatic carbocycles. The summed E-state index contributed by atoms with van der Waals surface area (Å²) in [5, 5.41) is 1.37. The number of halogens is 3. The van der Waals surface area contributed by atoms with Gasteiger partial charge in [-0.05, 0) is 12.8 Å². The highest BCUT2D eigenvalue weighted by Gasteiger charge is 2.44. The van der Waals surface area contributed by atoms with Crippen LogP contribution in [0.4, 0.5) is 13.2 Å². The van der Waals surface area contributed by atoms with E-state index in [0.717, 1.165) is 19.3 Å². The third kappa shape index (κ3) is 3.42. The third-order valence-electron chi connectivity index (χ3n) is 2.31. The van der Waals surface area contributed by atoms with Crippen molar-refractivity contribution in [1.82, 2.24) is 0 Å². The molecule has 0 aromatic rings. The summed E-state index contributed by atoms with van der Waals surface area (Å²) in [5.41, 5.74) is -5.26. The summed E-state index contributed by atoms with van der Waals surface area (Å²) in [4.78, 5) is 0. The topological polar surface area (TPSA) is 34.1 Å². The molecule has 6 heteroatoms. The maximum atomic E-state index is 11.9. The lowest BCUT2D eigenvalue weighted by atomic mass is 9.90. The van der Waals surface area contributed by atoms with Gasteiger partial charge >= 0.3 is 15.3 Å². The predicted octanol–water partition coefficient (Wildman–Crippen LogP) is 2.46. The molecule has 86 valence electrons. The summed E-state index contributed by atoms with van der Waals surface area (Å²) < 4.78 is 56.9. The lowest BCUT2D eigenvalue weighted by Crippen LogP contribution is -2.21. The Kier molecular flexibility index (Phi) is 3.66. The Labute approximate surface area is 86.8 Å². The zero-order chi connectivity index (χ0) is 11.5. The SMILES string of the molecule is O=S(=O)(C#CC1CCCCC1)C(F)(F)F. The van der Waals surface area contributed by atoms with E-state index in [1.165, 1.54) is 5.25 Å². The summed E-state index contributed by atoms with van der Waals surface area (Å²) in [6.07, 6.45) is 4.25. The van der Waals surface area contributed by atoms with Crippen LogP contribution in [0.15, 0.2) is 0 Å². The molecule has 1 aliphatic rings. The number of sulfone groups is 1. The number of hydrogen-bond acceptors (Lipinski definition) is 2. The fourth-order valence-electron chi connectivity index (χ4n) is 1.47. The lowest BCUT2D eigenvalue weighted by Gasteiger charge is -2.15. The minimum atomic E-state index is -5.26. The van der Waals surface area contributed by atoms with Crippen LogP contribution in [0.1, 0.15) is 32.1 Å². The Morgan fingerprint density at radius 3 is 2.07 bits per heavy atom. The zero-order valence-corrected chi connectivity index (χ0v) is 8.79. The van der Waals surface area contributed by atoms with Crippen LogP contribution in [0.2, 0.25) is 0 Å². The number of rotatable bonds is 0. The lowest BCUT2D eigenvalue weighted by molar-refractivity contribution is -0.0420. The molecular formula is C9H11F3O2S. The molecule has 15 heavy (non-hydrogen) atoms. The van der Waals surface area contributed by atoms with E-state index in [1.54, 1.807) is 0 Å². The molecule has 0 aromatic heterocycles. The smallest absolute Gasteiger partial charge is 0.206 e. The molecule has 0 atom stereocenters. The van der Waals surface area contributed by atoms with Crippen LogP contribution in [0.5, 0.6) is 0 Å². The standard InChI is InChI=1S/C9H11F3O2S/c10-9(11,12)15(13,14)7-6-8-4-2-1-3-5-8/h8H,1-5H2. The molecular weight excluding hydrogens is 229 g/mol. The summed E-state index contributed by atoms with van der Waals surface area (Å²) in [7, 11) is -5.26. The van der Waals surface area contributed by atoms with Crippen LogP contribution >= 0.6 is 0 Å². The van der Waals surface area contributed by atoms with Crippen molar-refractivity contribution in [2.45, 2.75) is 37.6 Å². The van der Waals surface area contributed by atoms with E-state index in [0.29, 0.717) is 12.8 Å². The van der Waals surface area contributed by atoms with Crippen molar-refractivity contribution in [1.29, 1.82) is 0 Å². The summed E-state index contributed by atoms with van der Waals surface area (Å²) in [6.45, 7) is 0. The molecule has 0 bridgehead atoms. The molecule has 1 fully saturated rings. The van der Waals surface area contributed by atoms with Gasteiger partial charge in [0.05, 0.1) is 0 Å². The van der Waals surface area contributed by atoms with Crippen LogP contribution in [0, 0.1) is 17.1 Å². The Morgan fingerprint density at radius 2 is 1.60 bits per heavy atom. The molecule has 0 aromatic carbocycles. The van der Waals surface area contributed by atoms with Gasteiger partial charge in [0.1, 0.15) is 0 Å². The fourth-order valence-corrected chi connectivity index (χ4v) is 1.90. The second kappa shape index (κ2) is 4.44. The maximum absolute atomic E-state index is 11.9. The van der Waals surface area contributed by atoms with Crippen LogP contribution in [0.25, 0.3) is 0 Å². The van der Waals surface area contributed by atoms with Crippen molar-refractivity contribution in [2.75, 3.05) is 0 Å². The van der Waals surface area contributed by atoms with Gasteiger partial charge in [-0.2, -0.15) is 13.2 Å². The molecule has 0 unspecified atom stereocenters. The van der Waals surface area contributed by atoms with Crippen molar-refractivity contribution < 1.29 is 21.6 Å². The van der Waals surface area contributed by atoms with Gasteiger partial charge in [0.2, 0.25) is 0 Å². The van der Waals surface area contributed by atoms with Crippen LogP contribution in [-0.2, 0) is 9.84 Å². The summed E-state index contributed by atoms with van der Waals surface area (Å²) >= 11 is 0. The Hall–Kier alpha value is -0.700. The van der Waals surface area contributed by atoms with E-state index in [9.17, 15) is 21.6 Å². The van der Waals surface area contributed by atoms with E-state index in [2.05, 4.69) is 5.92 Å². The Balaban J connectivity index is 2.72. The van der Waals surface area contributed by atoms with E-state index in [1.807, 2.05) is 0 Å². The van der Waals surface area contributed by atoms with Crippen molar-refractivity contribution >= 4 is 9.84 Å². The van der Waals surface area contributed by atoms with E-state index >= 15 is 0 Å². The van der Waals surface area contributed by atoms with E-state index in [4.69, 9.17) is 0 Å². The highest BCUT2D eigenvalue weighted by atomic mass is 32.2. The molecule has 0 amide bonds. The molecule has 0 radical (unpaired) electrons. The quantitative estimate of drug-likeness (QED) is 0.481. The summed E-state index contributed by atoms with van der Waals surface area (Å²) in [6, 6.07) is 0. The Bertz CT molecular complexity index is 366. The van der Waals surface area contributed by atoms with Crippen molar-refractivity contribution in [3.8, 4) is 11.2 Å². The first kappa shape index (κ1) is 12.4. The van der Waals surface area contributed by atoms with Gasteiger partial charge in [0, 0.05) is 11.2 Å². The van der Waals surface area contributed by atoms with Crippen LogP contribution in [-0.4, -0.2) is 13.9 Å². The minimum Gasteiger partial charge on any atom is -0.206 e. The number of hydrogen-bond donors (Lipinski definition) is 0. The molecule has 0 spiro atoms. The Morgan fingerprint density at radius 1 is 1.07 bits per heavy atom. The van der Waals surface area contributed by atoms with E-state index in [-0.39, 0.29) is 5.92 Å². The maximum Gasteiger partial charge on any atom is 0.509 e. The third-order valence-corrected chi connectivity index (χ3v) is 3.30.